The van der Waals surface area contributed by atoms with Gasteiger partial charge in [0, 0.05) is 10.1 Å². The van der Waals surface area contributed by atoms with Crippen molar-refractivity contribution in [1.29, 1.82) is 0 Å². The first-order chi connectivity index (χ1) is 12.0. The molecule has 0 saturated heterocycles. The summed E-state index contributed by atoms with van der Waals surface area (Å²) < 4.78 is 29.4. The van der Waals surface area contributed by atoms with E-state index in [4.69, 9.17) is 0 Å². The summed E-state index contributed by atoms with van der Waals surface area (Å²) in [5.74, 6) is -0.708. The molecular formula is C17H15F2IN2O3. The number of nitrogens with one attached hydrogen (secondary N) is 2. The minimum absolute atomic E-state index is 0.0219. The smallest absolute Gasteiger partial charge is 0.387 e. The fourth-order valence-electron chi connectivity index (χ4n) is 2.00. The third kappa shape index (κ3) is 6.29. The Morgan fingerprint density at radius 3 is 2.56 bits per heavy atom. The van der Waals surface area contributed by atoms with Crippen LogP contribution in [-0.4, -0.2) is 25.0 Å². The summed E-state index contributed by atoms with van der Waals surface area (Å²) in [6.07, 6.45) is 0. The average Bonchev–Trinajstić information content (AvgIpc) is 2.58. The molecule has 0 saturated carbocycles. The highest BCUT2D eigenvalue weighted by molar-refractivity contribution is 14.1. The molecule has 2 rings (SSSR count). The Kier molecular flexibility index (Phi) is 7.11. The number of alkyl halides is 2. The highest BCUT2D eigenvalue weighted by Gasteiger charge is 2.11. The summed E-state index contributed by atoms with van der Waals surface area (Å²) in [6, 6.07) is 13.1. The van der Waals surface area contributed by atoms with Crippen LogP contribution in [0.1, 0.15) is 15.9 Å². The maximum Gasteiger partial charge on any atom is 0.387 e. The van der Waals surface area contributed by atoms with Crippen LogP contribution in [0, 0.1) is 3.57 Å². The molecule has 2 aromatic carbocycles. The Labute approximate surface area is 156 Å². The maximum atomic E-state index is 12.2. The van der Waals surface area contributed by atoms with Gasteiger partial charge in [0.25, 0.3) is 5.91 Å². The van der Waals surface area contributed by atoms with Gasteiger partial charge in [0.2, 0.25) is 5.91 Å². The molecule has 0 aliphatic rings. The Morgan fingerprint density at radius 2 is 1.84 bits per heavy atom. The summed E-state index contributed by atoms with van der Waals surface area (Å²) in [5.41, 5.74) is 1.10. The molecule has 2 aromatic rings. The van der Waals surface area contributed by atoms with Gasteiger partial charge in [0.15, 0.2) is 0 Å². The van der Waals surface area contributed by atoms with Crippen LogP contribution in [0.2, 0.25) is 0 Å². The van der Waals surface area contributed by atoms with Crippen LogP contribution in [0.4, 0.5) is 8.78 Å². The van der Waals surface area contributed by atoms with Gasteiger partial charge in [-0.25, -0.2) is 0 Å². The molecule has 25 heavy (non-hydrogen) atoms. The first-order valence-electron chi connectivity index (χ1n) is 7.29. The highest BCUT2D eigenvalue weighted by atomic mass is 127. The lowest BCUT2D eigenvalue weighted by Gasteiger charge is -2.09. The van der Waals surface area contributed by atoms with E-state index < -0.39 is 6.61 Å². The summed E-state index contributed by atoms with van der Waals surface area (Å²) in [6.45, 7) is -2.95. The van der Waals surface area contributed by atoms with Gasteiger partial charge in [-0.05, 0) is 52.4 Å². The van der Waals surface area contributed by atoms with E-state index in [1.54, 1.807) is 30.3 Å². The lowest BCUT2D eigenvalue weighted by atomic mass is 10.2. The Hall–Kier alpha value is -2.23. The predicted octanol–water partition coefficient (Wildman–Crippen LogP) is 2.94. The van der Waals surface area contributed by atoms with Crippen molar-refractivity contribution in [3.05, 3.63) is 63.2 Å². The zero-order valence-electron chi connectivity index (χ0n) is 13.0. The third-order valence-electron chi connectivity index (χ3n) is 3.14. The van der Waals surface area contributed by atoms with Gasteiger partial charge in [0.1, 0.15) is 5.75 Å². The topological polar surface area (TPSA) is 67.4 Å². The Bertz CT molecular complexity index is 756. The van der Waals surface area contributed by atoms with E-state index in [2.05, 4.69) is 15.4 Å². The molecule has 0 aromatic heterocycles. The van der Waals surface area contributed by atoms with Crippen LogP contribution in [0.3, 0.4) is 0 Å². The molecule has 2 N–H and O–H groups in total. The van der Waals surface area contributed by atoms with Gasteiger partial charge in [0.05, 0.1) is 12.1 Å². The minimum atomic E-state index is -2.90. The zero-order chi connectivity index (χ0) is 18.2. The van der Waals surface area contributed by atoms with Crippen molar-refractivity contribution in [3.63, 3.8) is 0 Å². The SMILES string of the molecule is O=C(CNC(=O)c1ccccc1I)NCc1cccc(OC(F)F)c1. The maximum absolute atomic E-state index is 12.2. The molecule has 8 heteroatoms. The normalized spacial score (nSPS) is 10.4. The second-order valence-electron chi connectivity index (χ2n) is 4.97. The van der Waals surface area contributed by atoms with Crippen LogP contribution in [-0.2, 0) is 11.3 Å². The molecule has 5 nitrogen and oxygen atoms in total. The number of benzene rings is 2. The number of carbonyl (C=O) groups excluding carboxylic acids is 2. The molecule has 0 atom stereocenters. The minimum Gasteiger partial charge on any atom is -0.435 e. The molecule has 0 bridgehead atoms. The number of ether oxygens (including phenoxy) is 1. The molecule has 0 fully saturated rings. The quantitative estimate of drug-likeness (QED) is 0.625. The van der Waals surface area contributed by atoms with E-state index in [0.717, 1.165) is 3.57 Å². The first-order valence-corrected chi connectivity index (χ1v) is 8.37. The largest absolute Gasteiger partial charge is 0.435 e. The van der Waals surface area contributed by atoms with Crippen LogP contribution in [0.15, 0.2) is 48.5 Å². The van der Waals surface area contributed by atoms with Crippen molar-refractivity contribution >= 4 is 34.4 Å². The summed E-state index contributed by atoms with van der Waals surface area (Å²) >= 11 is 2.04. The average molecular weight is 460 g/mol. The van der Waals surface area contributed by atoms with Crippen LogP contribution < -0.4 is 15.4 Å². The van der Waals surface area contributed by atoms with Crippen LogP contribution in [0.5, 0.6) is 5.75 Å². The van der Waals surface area contributed by atoms with Gasteiger partial charge in [-0.1, -0.05) is 24.3 Å². The summed E-state index contributed by atoms with van der Waals surface area (Å²) in [4.78, 5) is 23.8. The first kappa shape index (κ1) is 19.1. The van der Waals surface area contributed by atoms with Crippen molar-refractivity contribution in [1.82, 2.24) is 10.6 Å². The van der Waals surface area contributed by atoms with Crippen molar-refractivity contribution in [2.75, 3.05) is 6.54 Å². The zero-order valence-corrected chi connectivity index (χ0v) is 15.1. The number of hydrogen-bond acceptors (Lipinski definition) is 3. The van der Waals surface area contributed by atoms with E-state index in [1.165, 1.54) is 12.1 Å². The van der Waals surface area contributed by atoms with Gasteiger partial charge in [-0.2, -0.15) is 8.78 Å². The Morgan fingerprint density at radius 1 is 1.08 bits per heavy atom. The van der Waals surface area contributed by atoms with Crippen LogP contribution >= 0.6 is 22.6 Å². The fourth-order valence-corrected chi connectivity index (χ4v) is 2.63. The van der Waals surface area contributed by atoms with Gasteiger partial charge in [-0.15, -0.1) is 0 Å². The van der Waals surface area contributed by atoms with E-state index in [1.807, 2.05) is 28.7 Å². The number of carbonyl (C=O) groups is 2. The second kappa shape index (κ2) is 9.30. The monoisotopic (exact) mass is 460 g/mol. The highest BCUT2D eigenvalue weighted by Crippen LogP contribution is 2.15. The van der Waals surface area contributed by atoms with E-state index >= 15 is 0 Å². The number of rotatable bonds is 7. The van der Waals surface area contributed by atoms with Gasteiger partial charge in [-0.3, -0.25) is 9.59 Å². The Balaban J connectivity index is 1.81. The van der Waals surface area contributed by atoms with Crippen molar-refractivity contribution in [2.45, 2.75) is 13.2 Å². The number of amides is 2. The third-order valence-corrected chi connectivity index (χ3v) is 4.08. The van der Waals surface area contributed by atoms with Crippen LogP contribution in [0.25, 0.3) is 0 Å². The number of hydrogen-bond donors (Lipinski definition) is 2. The molecule has 0 radical (unpaired) electrons. The number of halogens is 3. The van der Waals surface area contributed by atoms with Gasteiger partial charge < -0.3 is 15.4 Å². The fraction of sp³-hybridized carbons (Fsp3) is 0.176. The molecular weight excluding hydrogens is 445 g/mol. The lowest BCUT2D eigenvalue weighted by molar-refractivity contribution is -0.120. The molecule has 0 unspecified atom stereocenters. The van der Waals surface area contributed by atoms with Crippen molar-refractivity contribution in [3.8, 4) is 5.75 Å². The predicted molar refractivity (Wildman–Crippen MR) is 96.4 cm³/mol. The molecule has 2 amide bonds. The second-order valence-corrected chi connectivity index (χ2v) is 6.13. The van der Waals surface area contributed by atoms with E-state index in [-0.39, 0.29) is 30.7 Å². The van der Waals surface area contributed by atoms with E-state index in [0.29, 0.717) is 11.1 Å². The van der Waals surface area contributed by atoms with Gasteiger partial charge >= 0.3 is 6.61 Å². The summed E-state index contributed by atoms with van der Waals surface area (Å²) in [5, 5.41) is 5.14. The summed E-state index contributed by atoms with van der Waals surface area (Å²) in [7, 11) is 0. The molecule has 0 aliphatic carbocycles. The molecule has 0 aliphatic heterocycles. The molecule has 0 heterocycles. The molecule has 0 spiro atoms. The molecule has 132 valence electrons. The van der Waals surface area contributed by atoms with E-state index in [9.17, 15) is 18.4 Å². The standard InChI is InChI=1S/C17H15F2IN2O3/c18-17(19)25-12-5-3-4-11(8-12)9-21-15(23)10-22-16(24)13-6-1-2-7-14(13)20/h1-8,17H,9-10H2,(H,21,23)(H,22,24). The van der Waals surface area contributed by atoms with Crippen molar-refractivity contribution in [2.24, 2.45) is 0 Å². The lowest BCUT2D eigenvalue weighted by Crippen LogP contribution is -2.36. The van der Waals surface area contributed by atoms with Crippen molar-refractivity contribution < 1.29 is 23.1 Å².